The average molecular weight is 621 g/mol. The Hall–Kier alpha value is -5.53. The minimum atomic E-state index is -3.45. The lowest BCUT2D eigenvalue weighted by Gasteiger charge is -2.08. The smallest absolute Gasteiger partial charge is 0.209 e. The van der Waals surface area contributed by atoms with Gasteiger partial charge in [-0.2, -0.15) is 5.10 Å². The number of nitrogens with one attached hydrogen (secondary N) is 3. The minimum Gasteiger partial charge on any atom is -0.487 e. The van der Waals surface area contributed by atoms with Gasteiger partial charge in [0.15, 0.2) is 11.5 Å². The van der Waals surface area contributed by atoms with Crippen LogP contribution in [0.5, 0.6) is 5.75 Å². The second-order valence-corrected chi connectivity index (χ2v) is 12.3. The van der Waals surface area contributed by atoms with Crippen molar-refractivity contribution in [3.8, 4) is 39.8 Å². The largest absolute Gasteiger partial charge is 0.487 e. The molecule has 0 unspecified atom stereocenters. The number of aromatic nitrogens is 7. The summed E-state index contributed by atoms with van der Waals surface area (Å²) < 4.78 is 46.1. The van der Waals surface area contributed by atoms with Gasteiger partial charge >= 0.3 is 0 Å². The quantitative estimate of drug-likeness (QED) is 0.194. The van der Waals surface area contributed by atoms with Gasteiger partial charge in [-0.1, -0.05) is 30.3 Å². The third-order valence-electron chi connectivity index (χ3n) is 7.06. The van der Waals surface area contributed by atoms with Crippen LogP contribution in [0.1, 0.15) is 11.1 Å². The summed E-state index contributed by atoms with van der Waals surface area (Å²) in [5, 5.41) is 7.50. The normalized spacial score (nSPS) is 11.8. The molecular weight excluding hydrogens is 595 g/mol. The number of benzene rings is 2. The van der Waals surface area contributed by atoms with Crippen molar-refractivity contribution in [1.82, 2.24) is 39.8 Å². The Labute approximate surface area is 256 Å². The number of halogens is 1. The minimum absolute atomic E-state index is 0.0593. The summed E-state index contributed by atoms with van der Waals surface area (Å²) in [7, 11) is -3.45. The molecule has 13 heteroatoms. The van der Waals surface area contributed by atoms with Gasteiger partial charge in [0.1, 0.15) is 29.2 Å². The Balaban J connectivity index is 1.22. The van der Waals surface area contributed by atoms with Gasteiger partial charge in [0, 0.05) is 30.1 Å². The molecule has 0 atom stereocenters. The molecule has 0 bridgehead atoms. The van der Waals surface area contributed by atoms with Crippen LogP contribution in [0.2, 0.25) is 0 Å². The fourth-order valence-corrected chi connectivity index (χ4v) is 5.39. The molecule has 0 aliphatic carbocycles. The van der Waals surface area contributed by atoms with Crippen LogP contribution in [0.3, 0.4) is 0 Å². The van der Waals surface area contributed by atoms with E-state index in [2.05, 4.69) is 29.9 Å². The first-order valence-corrected chi connectivity index (χ1v) is 15.7. The molecule has 5 heterocycles. The molecule has 0 aliphatic heterocycles. The Morgan fingerprint density at radius 3 is 2.56 bits per heavy atom. The monoisotopic (exact) mass is 620 g/mol. The van der Waals surface area contributed by atoms with Crippen molar-refractivity contribution >= 4 is 32.1 Å². The van der Waals surface area contributed by atoms with Gasteiger partial charge in [-0.3, -0.25) is 15.1 Å². The average Bonchev–Trinajstić information content (AvgIpc) is 3.67. The van der Waals surface area contributed by atoms with Crippen LogP contribution < -0.4 is 9.46 Å². The molecule has 224 valence electrons. The Morgan fingerprint density at radius 1 is 0.867 bits per heavy atom. The topological polar surface area (TPSA) is 151 Å². The third-order valence-corrected chi connectivity index (χ3v) is 7.73. The number of rotatable bonds is 9. The number of ether oxygens (including phenoxy) is 1. The van der Waals surface area contributed by atoms with Gasteiger partial charge in [-0.15, -0.1) is 0 Å². The zero-order chi connectivity index (χ0) is 31.0. The number of hydrogen-bond donors (Lipinski definition) is 3. The maximum atomic E-state index is 14.6. The first-order valence-electron chi connectivity index (χ1n) is 13.9. The van der Waals surface area contributed by atoms with Gasteiger partial charge in [0.2, 0.25) is 10.0 Å². The van der Waals surface area contributed by atoms with Gasteiger partial charge in [-0.25, -0.2) is 27.5 Å². The lowest BCUT2D eigenvalue weighted by molar-refractivity contribution is 0.305. The molecule has 0 saturated heterocycles. The van der Waals surface area contributed by atoms with Crippen LogP contribution in [0, 0.1) is 5.82 Å². The molecule has 0 amide bonds. The van der Waals surface area contributed by atoms with E-state index < -0.39 is 15.8 Å². The number of sulfonamides is 1. The maximum absolute atomic E-state index is 14.6. The van der Waals surface area contributed by atoms with Gasteiger partial charge < -0.3 is 9.72 Å². The van der Waals surface area contributed by atoms with Crippen LogP contribution in [-0.4, -0.2) is 49.8 Å². The standard InChI is InChI=1S/C32H25FN8O3S/c1-45(42,43)36-15-20-11-21(13-23(33)12-20)28-29-26(9-10-35-28)38-32(39-29)31-30-27(40-41-31)8-7-25(37-30)22-14-24(17-34-16-22)44-18-19-5-3-2-4-6-19/h2-14,16-17,36H,15,18H2,1H3,(H,38,39)(H,40,41). The molecule has 0 radical (unpaired) electrons. The summed E-state index contributed by atoms with van der Waals surface area (Å²) in [5.74, 6) is 0.547. The molecule has 45 heavy (non-hydrogen) atoms. The number of nitrogens with zero attached hydrogens (tertiary/aromatic N) is 5. The SMILES string of the molecule is CS(=O)(=O)NCc1cc(F)cc(-c2nccc3[nH]c(-c4n[nH]c5ccc(-c6cncc(OCc7ccccc7)c6)nc45)nc23)c1. The van der Waals surface area contributed by atoms with E-state index in [1.165, 1.54) is 12.1 Å². The number of fused-ring (bicyclic) bond motifs is 2. The Bertz CT molecular complexity index is 2290. The highest BCUT2D eigenvalue weighted by Gasteiger charge is 2.18. The number of imidazole rings is 1. The predicted molar refractivity (Wildman–Crippen MR) is 168 cm³/mol. The fourth-order valence-electron chi connectivity index (χ4n) is 4.97. The summed E-state index contributed by atoms with van der Waals surface area (Å²) in [6, 6.07) is 21.6. The first kappa shape index (κ1) is 28.3. The van der Waals surface area contributed by atoms with Crippen molar-refractivity contribution < 1.29 is 17.5 Å². The summed E-state index contributed by atoms with van der Waals surface area (Å²) in [6.07, 6.45) is 6.03. The van der Waals surface area contributed by atoms with Crippen molar-refractivity contribution in [2.24, 2.45) is 0 Å². The molecule has 7 aromatic rings. The molecule has 3 N–H and O–H groups in total. The van der Waals surface area contributed by atoms with Crippen molar-refractivity contribution in [3.05, 3.63) is 108 Å². The van der Waals surface area contributed by atoms with Crippen LogP contribution in [0.15, 0.2) is 91.4 Å². The summed E-state index contributed by atoms with van der Waals surface area (Å²) >= 11 is 0. The van der Waals surface area contributed by atoms with Crippen LogP contribution >= 0.6 is 0 Å². The highest BCUT2D eigenvalue weighted by Crippen LogP contribution is 2.32. The van der Waals surface area contributed by atoms with Gasteiger partial charge in [-0.05, 0) is 53.6 Å². The molecule has 0 spiro atoms. The van der Waals surface area contributed by atoms with Crippen molar-refractivity contribution in [3.63, 3.8) is 0 Å². The van der Waals surface area contributed by atoms with Crippen molar-refractivity contribution in [2.45, 2.75) is 13.2 Å². The van der Waals surface area contributed by atoms with Crippen LogP contribution in [-0.2, 0) is 23.2 Å². The molecule has 0 fully saturated rings. The molecule has 7 rings (SSSR count). The molecule has 2 aromatic carbocycles. The lowest BCUT2D eigenvalue weighted by Crippen LogP contribution is -2.21. The second-order valence-electron chi connectivity index (χ2n) is 10.4. The lowest BCUT2D eigenvalue weighted by atomic mass is 10.1. The number of hydrogen-bond acceptors (Lipinski definition) is 8. The zero-order valence-corrected chi connectivity index (χ0v) is 24.6. The number of pyridine rings is 3. The predicted octanol–water partition coefficient (Wildman–Crippen LogP) is 5.39. The maximum Gasteiger partial charge on any atom is 0.209 e. The molecule has 0 saturated carbocycles. The highest BCUT2D eigenvalue weighted by molar-refractivity contribution is 7.88. The molecular formula is C32H25FN8O3S. The van der Waals surface area contributed by atoms with E-state index in [0.717, 1.165) is 17.4 Å². The van der Waals surface area contributed by atoms with Crippen LogP contribution in [0.25, 0.3) is 56.1 Å². The van der Waals surface area contributed by atoms with E-state index in [0.29, 0.717) is 68.5 Å². The summed E-state index contributed by atoms with van der Waals surface area (Å²) in [4.78, 5) is 21.8. The Morgan fingerprint density at radius 2 is 1.71 bits per heavy atom. The second kappa shape index (κ2) is 11.5. The zero-order valence-electron chi connectivity index (χ0n) is 23.8. The van der Waals surface area contributed by atoms with Gasteiger partial charge in [0.25, 0.3) is 0 Å². The van der Waals surface area contributed by atoms with E-state index in [1.54, 1.807) is 30.7 Å². The molecule has 5 aromatic heterocycles. The third kappa shape index (κ3) is 6.12. The van der Waals surface area contributed by atoms with Crippen molar-refractivity contribution in [1.29, 1.82) is 0 Å². The van der Waals surface area contributed by atoms with E-state index in [1.807, 2.05) is 48.5 Å². The number of aromatic amines is 2. The number of H-pyrrole nitrogens is 2. The summed E-state index contributed by atoms with van der Waals surface area (Å²) in [5.41, 5.74) is 6.81. The van der Waals surface area contributed by atoms with Crippen molar-refractivity contribution in [2.75, 3.05) is 6.26 Å². The molecule has 0 aliphatic rings. The van der Waals surface area contributed by atoms with Gasteiger partial charge in [0.05, 0.1) is 34.9 Å². The fraction of sp³-hybridized carbons (Fsp3) is 0.0938. The Kier molecular flexibility index (Phi) is 7.23. The van der Waals surface area contributed by atoms with E-state index in [4.69, 9.17) is 14.7 Å². The van der Waals surface area contributed by atoms with E-state index in [9.17, 15) is 12.8 Å². The summed E-state index contributed by atoms with van der Waals surface area (Å²) in [6.45, 7) is 0.359. The molecule has 11 nitrogen and oxygen atoms in total. The van der Waals surface area contributed by atoms with E-state index >= 15 is 0 Å². The first-order chi connectivity index (χ1) is 21.8. The van der Waals surface area contributed by atoms with Crippen LogP contribution in [0.4, 0.5) is 4.39 Å². The highest BCUT2D eigenvalue weighted by atomic mass is 32.2. The van der Waals surface area contributed by atoms with E-state index in [-0.39, 0.29) is 6.54 Å².